The van der Waals surface area contributed by atoms with Crippen LogP contribution in [0.5, 0.6) is 11.8 Å². The normalized spacial score (nSPS) is 23.9. The quantitative estimate of drug-likeness (QED) is 0.231. The van der Waals surface area contributed by atoms with Crippen molar-refractivity contribution in [1.82, 2.24) is 20.2 Å². The number of benzene rings is 3. The summed E-state index contributed by atoms with van der Waals surface area (Å²) < 4.78 is 44.4. The molecule has 5 heterocycles. The van der Waals surface area contributed by atoms with Gasteiger partial charge in [0.2, 0.25) is 0 Å². The number of hydrogen-bond acceptors (Lipinski definition) is 8. The molecule has 4 aromatic rings. The van der Waals surface area contributed by atoms with E-state index in [1.807, 2.05) is 0 Å². The Labute approximate surface area is 282 Å². The van der Waals surface area contributed by atoms with Crippen molar-refractivity contribution in [2.45, 2.75) is 56.2 Å². The average molecular weight is 672 g/mol. The van der Waals surface area contributed by atoms with E-state index < -0.39 is 11.6 Å². The lowest BCUT2D eigenvalue weighted by Crippen LogP contribution is -2.62. The molecule has 2 N–H and O–H groups in total. The highest BCUT2D eigenvalue weighted by Crippen LogP contribution is 2.49. The zero-order valence-electron chi connectivity index (χ0n) is 26.5. The SMILES string of the molecule is C#Cc1c(F)ccc2cc(O)cc(-c3c(Cl)cc4c(N5CC6CCC(C5)N6)nc(OCC5(CN6CC7(CCCO7)C6)CC5)nc4c3F)c12. The first-order valence-corrected chi connectivity index (χ1v) is 17.2. The second kappa shape index (κ2) is 11.1. The van der Waals surface area contributed by atoms with E-state index in [0.717, 1.165) is 64.8 Å². The van der Waals surface area contributed by atoms with Gasteiger partial charge in [0.05, 0.1) is 22.8 Å². The van der Waals surface area contributed by atoms with Gasteiger partial charge < -0.3 is 24.8 Å². The van der Waals surface area contributed by atoms with E-state index in [2.05, 4.69) is 26.0 Å². The predicted octanol–water partition coefficient (Wildman–Crippen LogP) is 6.03. The van der Waals surface area contributed by atoms with Crippen LogP contribution >= 0.6 is 11.6 Å². The molecular formula is C37H36ClF2N5O3. The van der Waals surface area contributed by atoms with Gasteiger partial charge in [-0.3, -0.25) is 4.90 Å². The van der Waals surface area contributed by atoms with Gasteiger partial charge in [0.25, 0.3) is 0 Å². The molecule has 2 bridgehead atoms. The van der Waals surface area contributed by atoms with Crippen LogP contribution in [0.2, 0.25) is 5.02 Å². The van der Waals surface area contributed by atoms with E-state index >= 15 is 4.39 Å². The number of nitrogens with one attached hydrogen (secondary N) is 1. The van der Waals surface area contributed by atoms with Crippen molar-refractivity contribution in [3.8, 4) is 35.2 Å². The molecule has 4 aliphatic heterocycles. The number of piperazine rings is 1. The van der Waals surface area contributed by atoms with Crippen LogP contribution < -0.4 is 15.0 Å². The maximum atomic E-state index is 17.1. The fourth-order valence-corrected chi connectivity index (χ4v) is 8.84. The molecule has 5 fully saturated rings. The molecule has 11 heteroatoms. The van der Waals surface area contributed by atoms with Crippen LogP contribution in [-0.2, 0) is 4.74 Å². The summed E-state index contributed by atoms with van der Waals surface area (Å²) in [6, 6.07) is 7.95. The molecule has 2 atom stereocenters. The zero-order valence-corrected chi connectivity index (χ0v) is 27.3. The number of aromatic nitrogens is 2. The second-order valence-electron chi connectivity index (χ2n) is 14.5. The molecule has 5 aliphatic rings. The lowest BCUT2D eigenvalue weighted by Gasteiger charge is -2.48. The largest absolute Gasteiger partial charge is 0.508 e. The van der Waals surface area contributed by atoms with Gasteiger partial charge in [-0.05, 0) is 73.7 Å². The highest BCUT2D eigenvalue weighted by atomic mass is 35.5. The molecule has 1 aromatic heterocycles. The number of fused-ring (bicyclic) bond motifs is 4. The fourth-order valence-electron chi connectivity index (χ4n) is 8.55. The highest BCUT2D eigenvalue weighted by molar-refractivity contribution is 6.35. The van der Waals surface area contributed by atoms with E-state index in [4.69, 9.17) is 32.5 Å². The van der Waals surface area contributed by atoms with Gasteiger partial charge in [0.15, 0.2) is 5.82 Å². The molecule has 1 aliphatic carbocycles. The van der Waals surface area contributed by atoms with Crippen molar-refractivity contribution in [3.05, 3.63) is 52.6 Å². The van der Waals surface area contributed by atoms with Crippen LogP contribution in [0.25, 0.3) is 32.8 Å². The van der Waals surface area contributed by atoms with E-state index in [9.17, 15) is 9.50 Å². The van der Waals surface area contributed by atoms with Gasteiger partial charge in [0.1, 0.15) is 22.9 Å². The van der Waals surface area contributed by atoms with Crippen molar-refractivity contribution in [3.63, 3.8) is 0 Å². The minimum atomic E-state index is -0.716. The first kappa shape index (κ1) is 30.3. The van der Waals surface area contributed by atoms with Gasteiger partial charge in [-0.2, -0.15) is 9.97 Å². The third kappa shape index (κ3) is 5.06. The predicted molar refractivity (Wildman–Crippen MR) is 181 cm³/mol. The molecule has 2 unspecified atom stereocenters. The molecule has 0 amide bonds. The highest BCUT2D eigenvalue weighted by Gasteiger charge is 2.52. The van der Waals surface area contributed by atoms with E-state index in [1.54, 1.807) is 6.07 Å². The summed E-state index contributed by atoms with van der Waals surface area (Å²) in [4.78, 5) is 14.2. The smallest absolute Gasteiger partial charge is 0.319 e. The topological polar surface area (TPSA) is 83.0 Å². The molecule has 1 spiro atoms. The number of aromatic hydroxyl groups is 1. The Bertz CT molecular complexity index is 2000. The number of terminal acetylenes is 1. The van der Waals surface area contributed by atoms with E-state index in [1.165, 1.54) is 24.3 Å². The average Bonchev–Trinajstić information content (AvgIpc) is 3.48. The first-order chi connectivity index (χ1) is 23.2. The molecule has 48 heavy (non-hydrogen) atoms. The van der Waals surface area contributed by atoms with E-state index in [0.29, 0.717) is 48.4 Å². The molecule has 9 rings (SSSR count). The zero-order chi connectivity index (χ0) is 32.8. The van der Waals surface area contributed by atoms with Crippen molar-refractivity contribution >= 4 is 39.1 Å². The lowest BCUT2D eigenvalue weighted by atomic mass is 9.89. The minimum Gasteiger partial charge on any atom is -0.508 e. The Morgan fingerprint density at radius 2 is 1.90 bits per heavy atom. The molecular weight excluding hydrogens is 636 g/mol. The summed E-state index contributed by atoms with van der Waals surface area (Å²) in [5, 5.41) is 15.6. The van der Waals surface area contributed by atoms with Crippen molar-refractivity contribution < 1.29 is 23.4 Å². The molecule has 8 nitrogen and oxygen atoms in total. The molecule has 0 radical (unpaired) electrons. The summed E-state index contributed by atoms with van der Waals surface area (Å²) in [7, 11) is 0. The Hall–Kier alpha value is -3.75. The minimum absolute atomic E-state index is 0.00667. The number of anilines is 1. The number of phenols is 1. The Kier molecular flexibility index (Phi) is 7.04. The van der Waals surface area contributed by atoms with Gasteiger partial charge in [-0.25, -0.2) is 8.78 Å². The Balaban J connectivity index is 1.12. The van der Waals surface area contributed by atoms with Crippen molar-refractivity contribution in [2.75, 3.05) is 50.8 Å². The number of hydrogen-bond donors (Lipinski definition) is 2. The van der Waals surface area contributed by atoms with Gasteiger partial charge >= 0.3 is 6.01 Å². The standard InChI is InChI=1S/C37H36ClF2N5O3/c1-2-25-29(39)7-4-21-12-24(46)13-26(30(21)25)31-28(38)14-27-33(32(31)40)42-35(43-34(27)45-15-22-5-6-23(16-45)41-22)47-20-36(9-10-36)17-44-18-37(19-44)8-3-11-48-37/h1,4,7,12-14,22-23,41,46H,3,5-6,8-11,15-20H2. The Morgan fingerprint density at radius 3 is 2.60 bits per heavy atom. The van der Waals surface area contributed by atoms with Crippen molar-refractivity contribution in [1.29, 1.82) is 0 Å². The van der Waals surface area contributed by atoms with Gasteiger partial charge in [0, 0.05) is 73.2 Å². The van der Waals surface area contributed by atoms with Crippen LogP contribution in [0.15, 0.2) is 30.3 Å². The number of likely N-dealkylation sites (tertiary alicyclic amines) is 1. The van der Waals surface area contributed by atoms with Gasteiger partial charge in [-0.15, -0.1) is 6.42 Å². The summed E-state index contributed by atoms with van der Waals surface area (Å²) >= 11 is 6.90. The number of halogens is 3. The number of rotatable bonds is 7. The lowest BCUT2D eigenvalue weighted by molar-refractivity contribution is -0.117. The molecule has 3 aromatic carbocycles. The molecule has 4 saturated heterocycles. The number of nitrogens with zero attached hydrogens (tertiary/aromatic N) is 4. The first-order valence-electron chi connectivity index (χ1n) is 16.8. The van der Waals surface area contributed by atoms with Crippen molar-refractivity contribution in [2.24, 2.45) is 5.41 Å². The number of ether oxygens (including phenoxy) is 2. The van der Waals surface area contributed by atoms with Crippen LogP contribution in [0.3, 0.4) is 0 Å². The fraction of sp³-hybridized carbons (Fsp3) is 0.459. The summed E-state index contributed by atoms with van der Waals surface area (Å²) in [5.74, 6) is 1.50. The molecule has 1 saturated carbocycles. The summed E-state index contributed by atoms with van der Waals surface area (Å²) in [6.07, 6.45) is 12.2. The molecule has 248 valence electrons. The summed E-state index contributed by atoms with van der Waals surface area (Å²) in [6.45, 7) is 5.56. The second-order valence-corrected chi connectivity index (χ2v) is 15.0. The van der Waals surface area contributed by atoms with Crippen LogP contribution in [0.1, 0.15) is 44.1 Å². The van der Waals surface area contributed by atoms with Crippen LogP contribution in [-0.4, -0.2) is 83.6 Å². The van der Waals surface area contributed by atoms with Crippen LogP contribution in [0.4, 0.5) is 14.6 Å². The summed E-state index contributed by atoms with van der Waals surface area (Å²) in [5.41, 5.74) is 0.211. The monoisotopic (exact) mass is 671 g/mol. The van der Waals surface area contributed by atoms with Gasteiger partial charge in [-0.1, -0.05) is 23.6 Å². The van der Waals surface area contributed by atoms with E-state index in [-0.39, 0.29) is 55.4 Å². The third-order valence-corrected chi connectivity index (χ3v) is 11.4. The third-order valence-electron chi connectivity index (χ3n) is 11.1. The maximum absolute atomic E-state index is 17.1. The van der Waals surface area contributed by atoms with Crippen LogP contribution in [0, 0.1) is 29.4 Å². The maximum Gasteiger partial charge on any atom is 0.319 e. The Morgan fingerprint density at radius 1 is 1.10 bits per heavy atom. The number of phenolic OH excluding ortho intramolecular Hbond substituents is 1.